The van der Waals surface area contributed by atoms with Crippen molar-refractivity contribution in [2.45, 2.75) is 25.4 Å². The van der Waals surface area contributed by atoms with Gasteiger partial charge in [0.15, 0.2) is 0 Å². The van der Waals surface area contributed by atoms with Gasteiger partial charge in [0.2, 0.25) is 11.8 Å². The Morgan fingerprint density at radius 3 is 2.87 bits per heavy atom. The molecule has 0 aliphatic carbocycles. The Morgan fingerprint density at radius 1 is 1.30 bits per heavy atom. The first-order valence-corrected chi connectivity index (χ1v) is 7.65. The Hall–Kier alpha value is -2.50. The Labute approximate surface area is 134 Å². The minimum Gasteiger partial charge on any atom is -0.472 e. The molecule has 1 aliphatic rings. The molecule has 1 aromatic heterocycles. The fourth-order valence-corrected chi connectivity index (χ4v) is 2.67. The quantitative estimate of drug-likeness (QED) is 0.868. The van der Waals surface area contributed by atoms with Crippen molar-refractivity contribution in [2.24, 2.45) is 0 Å². The highest BCUT2D eigenvalue weighted by molar-refractivity contribution is 5.78. The summed E-state index contributed by atoms with van der Waals surface area (Å²) in [6.07, 6.45) is 5.07. The average Bonchev–Trinajstić information content (AvgIpc) is 2.58. The van der Waals surface area contributed by atoms with Gasteiger partial charge in [-0.1, -0.05) is 12.1 Å². The molecule has 23 heavy (non-hydrogen) atoms. The number of hydrogen-bond donors (Lipinski definition) is 0. The molecule has 1 aromatic carbocycles. The average molecular weight is 315 g/mol. The summed E-state index contributed by atoms with van der Waals surface area (Å²) in [5.41, 5.74) is 0.815. The molecule has 2 aromatic rings. The number of carbonyl (C=O) groups is 1. The lowest BCUT2D eigenvalue weighted by molar-refractivity contribution is -0.133. The van der Waals surface area contributed by atoms with Crippen molar-refractivity contribution >= 4 is 5.91 Å². The molecule has 0 radical (unpaired) electrons. The minimum absolute atomic E-state index is 0.0348. The number of hydrogen-bond acceptors (Lipinski definition) is 4. The highest BCUT2D eigenvalue weighted by Crippen LogP contribution is 2.17. The van der Waals surface area contributed by atoms with Gasteiger partial charge in [0.1, 0.15) is 18.2 Å². The summed E-state index contributed by atoms with van der Waals surface area (Å²) in [7, 11) is 0. The molecule has 1 unspecified atom stereocenters. The monoisotopic (exact) mass is 315 g/mol. The van der Waals surface area contributed by atoms with Crippen LogP contribution in [0.2, 0.25) is 0 Å². The number of ether oxygens (including phenoxy) is 1. The first kappa shape index (κ1) is 15.4. The van der Waals surface area contributed by atoms with E-state index in [0.717, 1.165) is 24.9 Å². The summed E-state index contributed by atoms with van der Waals surface area (Å²) in [5.74, 6) is 0.267. The lowest BCUT2D eigenvalue weighted by atomic mass is 10.1. The summed E-state index contributed by atoms with van der Waals surface area (Å²) in [6, 6.07) is 7.75. The zero-order valence-corrected chi connectivity index (χ0v) is 12.7. The normalized spacial score (nSPS) is 17.8. The van der Waals surface area contributed by atoms with E-state index < -0.39 is 0 Å². The van der Waals surface area contributed by atoms with Crippen LogP contribution in [0, 0.1) is 5.82 Å². The maximum absolute atomic E-state index is 12.9. The van der Waals surface area contributed by atoms with Gasteiger partial charge in [-0.15, -0.1) is 0 Å². The third-order valence-corrected chi connectivity index (χ3v) is 3.84. The molecule has 0 N–H and O–H groups in total. The number of benzene rings is 1. The first-order chi connectivity index (χ1) is 11.2. The van der Waals surface area contributed by atoms with Gasteiger partial charge in [0.05, 0.1) is 13.0 Å². The second-order valence-corrected chi connectivity index (χ2v) is 5.57. The number of piperidine rings is 1. The summed E-state index contributed by atoms with van der Waals surface area (Å²) < 4.78 is 18.7. The molecule has 1 amide bonds. The van der Waals surface area contributed by atoms with Crippen LogP contribution in [-0.2, 0) is 11.2 Å². The van der Waals surface area contributed by atoms with Crippen molar-refractivity contribution in [3.63, 3.8) is 0 Å². The smallest absolute Gasteiger partial charge is 0.227 e. The maximum atomic E-state index is 12.9. The van der Waals surface area contributed by atoms with Crippen molar-refractivity contribution in [1.29, 1.82) is 0 Å². The van der Waals surface area contributed by atoms with Crippen LogP contribution in [0.3, 0.4) is 0 Å². The van der Waals surface area contributed by atoms with E-state index in [1.54, 1.807) is 29.3 Å². The molecular weight excluding hydrogens is 297 g/mol. The molecular formula is C17H18FN3O2. The van der Waals surface area contributed by atoms with E-state index in [4.69, 9.17) is 4.74 Å². The molecule has 120 valence electrons. The van der Waals surface area contributed by atoms with Crippen LogP contribution in [0.25, 0.3) is 0 Å². The maximum Gasteiger partial charge on any atom is 0.227 e. The summed E-state index contributed by atoms with van der Waals surface area (Å²) in [6.45, 7) is 1.27. The van der Waals surface area contributed by atoms with Crippen molar-refractivity contribution in [2.75, 3.05) is 13.1 Å². The number of aromatic nitrogens is 2. The largest absolute Gasteiger partial charge is 0.472 e. The van der Waals surface area contributed by atoms with E-state index in [1.807, 2.05) is 0 Å². The predicted molar refractivity (Wildman–Crippen MR) is 82.4 cm³/mol. The fraction of sp³-hybridized carbons (Fsp3) is 0.353. The number of amides is 1. The Kier molecular flexibility index (Phi) is 4.80. The topological polar surface area (TPSA) is 55.3 Å². The number of likely N-dealkylation sites (tertiary alicyclic amines) is 1. The van der Waals surface area contributed by atoms with E-state index >= 15 is 0 Å². The number of halogens is 1. The molecule has 3 rings (SSSR count). The van der Waals surface area contributed by atoms with E-state index in [2.05, 4.69) is 9.97 Å². The van der Waals surface area contributed by atoms with Gasteiger partial charge in [-0.3, -0.25) is 4.79 Å². The van der Waals surface area contributed by atoms with E-state index in [1.165, 1.54) is 18.5 Å². The number of carbonyl (C=O) groups excluding carboxylic acids is 1. The third kappa shape index (κ3) is 4.25. The number of nitrogens with zero attached hydrogens (tertiary/aromatic N) is 3. The molecule has 1 saturated heterocycles. The molecule has 2 heterocycles. The van der Waals surface area contributed by atoms with Gasteiger partial charge in [-0.05, 0) is 30.5 Å². The molecule has 6 heteroatoms. The van der Waals surface area contributed by atoms with Crippen LogP contribution in [0.5, 0.6) is 5.88 Å². The van der Waals surface area contributed by atoms with Crippen molar-refractivity contribution in [3.8, 4) is 5.88 Å². The van der Waals surface area contributed by atoms with Crippen molar-refractivity contribution < 1.29 is 13.9 Å². The summed E-state index contributed by atoms with van der Waals surface area (Å²) >= 11 is 0. The Bertz CT molecular complexity index is 649. The van der Waals surface area contributed by atoms with Crippen LogP contribution in [0.1, 0.15) is 18.4 Å². The van der Waals surface area contributed by atoms with Gasteiger partial charge in [0, 0.05) is 18.8 Å². The van der Waals surface area contributed by atoms with Crippen LogP contribution < -0.4 is 4.74 Å². The van der Waals surface area contributed by atoms with Crippen molar-refractivity contribution in [3.05, 3.63) is 54.2 Å². The Morgan fingerprint density at radius 2 is 2.13 bits per heavy atom. The van der Waals surface area contributed by atoms with Crippen LogP contribution in [0.4, 0.5) is 4.39 Å². The van der Waals surface area contributed by atoms with E-state index in [9.17, 15) is 9.18 Å². The fourth-order valence-electron chi connectivity index (χ4n) is 2.67. The van der Waals surface area contributed by atoms with Crippen LogP contribution in [-0.4, -0.2) is 40.0 Å². The second-order valence-electron chi connectivity index (χ2n) is 5.57. The lowest BCUT2D eigenvalue weighted by Gasteiger charge is -2.32. The third-order valence-electron chi connectivity index (χ3n) is 3.84. The zero-order valence-electron chi connectivity index (χ0n) is 12.7. The minimum atomic E-state index is -0.294. The molecule has 5 nitrogen and oxygen atoms in total. The zero-order chi connectivity index (χ0) is 16.1. The lowest BCUT2D eigenvalue weighted by Crippen LogP contribution is -2.45. The summed E-state index contributed by atoms with van der Waals surface area (Å²) in [4.78, 5) is 22.1. The molecule has 1 aliphatic heterocycles. The van der Waals surface area contributed by atoms with E-state index in [0.29, 0.717) is 12.4 Å². The van der Waals surface area contributed by atoms with Gasteiger partial charge in [-0.25, -0.2) is 14.4 Å². The standard InChI is InChI=1S/C17H18FN3O2/c18-14-5-3-13(4-6-14)10-17(22)21-9-1-2-15(11-21)23-16-7-8-19-12-20-16/h3-8,12,15H,1-2,9-11H2. The number of rotatable bonds is 4. The molecule has 1 fully saturated rings. The Balaban J connectivity index is 1.57. The van der Waals surface area contributed by atoms with Gasteiger partial charge < -0.3 is 9.64 Å². The van der Waals surface area contributed by atoms with Crippen LogP contribution in [0.15, 0.2) is 42.9 Å². The van der Waals surface area contributed by atoms with Crippen LogP contribution >= 0.6 is 0 Å². The van der Waals surface area contributed by atoms with Gasteiger partial charge >= 0.3 is 0 Å². The molecule has 0 saturated carbocycles. The van der Waals surface area contributed by atoms with Gasteiger partial charge in [0.25, 0.3) is 0 Å². The molecule has 1 atom stereocenters. The highest BCUT2D eigenvalue weighted by atomic mass is 19.1. The summed E-state index contributed by atoms with van der Waals surface area (Å²) in [5, 5.41) is 0. The highest BCUT2D eigenvalue weighted by Gasteiger charge is 2.25. The first-order valence-electron chi connectivity index (χ1n) is 7.65. The SMILES string of the molecule is O=C(Cc1ccc(F)cc1)N1CCCC(Oc2ccncn2)C1. The molecule has 0 bridgehead atoms. The van der Waals surface area contributed by atoms with Crippen molar-refractivity contribution in [1.82, 2.24) is 14.9 Å². The predicted octanol–water partition coefficient (Wildman–Crippen LogP) is 2.23. The van der Waals surface area contributed by atoms with Gasteiger partial charge in [-0.2, -0.15) is 0 Å². The molecule has 0 spiro atoms. The van der Waals surface area contributed by atoms with E-state index in [-0.39, 0.29) is 24.2 Å². The second kappa shape index (κ2) is 7.17.